The minimum Gasteiger partial charge on any atom is -0.356 e. The molecule has 0 saturated carbocycles. The lowest BCUT2D eigenvalue weighted by Crippen LogP contribution is -2.30. The Kier molecular flexibility index (Phi) is 3.76. The van der Waals surface area contributed by atoms with Gasteiger partial charge in [0.2, 0.25) is 5.95 Å². The fourth-order valence-electron chi connectivity index (χ4n) is 3.07. The Balaban J connectivity index is 1.75. The lowest BCUT2D eigenvalue weighted by molar-refractivity contribution is 0.575. The Bertz CT molecular complexity index is 851. The maximum atomic E-state index is 13.1. The normalized spacial score (nSPS) is 15.0. The highest BCUT2D eigenvalue weighted by Crippen LogP contribution is 2.28. The molecule has 0 amide bonds. The number of anilines is 3. The second-order valence-electron chi connectivity index (χ2n) is 6.06. The molecular formula is C17H19FN6. The first-order valence-corrected chi connectivity index (χ1v) is 8.18. The largest absolute Gasteiger partial charge is 0.356 e. The van der Waals surface area contributed by atoms with Crippen molar-refractivity contribution in [1.82, 2.24) is 19.7 Å². The van der Waals surface area contributed by atoms with Crippen LogP contribution in [-0.2, 0) is 7.05 Å². The molecule has 0 unspecified atom stereocenters. The predicted octanol–water partition coefficient (Wildman–Crippen LogP) is 3.24. The summed E-state index contributed by atoms with van der Waals surface area (Å²) in [5.74, 6) is 1.15. The number of nitrogens with zero attached hydrogens (tertiary/aromatic N) is 5. The number of halogens is 1. The molecule has 1 saturated heterocycles. The third-order valence-corrected chi connectivity index (χ3v) is 4.33. The van der Waals surface area contributed by atoms with Crippen LogP contribution in [0, 0.1) is 5.82 Å². The average molecular weight is 326 g/mol. The number of aromatic nitrogens is 4. The number of piperidine rings is 1. The molecule has 24 heavy (non-hydrogen) atoms. The van der Waals surface area contributed by atoms with Gasteiger partial charge in [-0.3, -0.25) is 4.68 Å². The summed E-state index contributed by atoms with van der Waals surface area (Å²) in [5.41, 5.74) is 1.54. The summed E-state index contributed by atoms with van der Waals surface area (Å²) >= 11 is 0. The van der Waals surface area contributed by atoms with Gasteiger partial charge in [0.25, 0.3) is 0 Å². The molecule has 1 N–H and O–H groups in total. The van der Waals surface area contributed by atoms with Crippen molar-refractivity contribution >= 4 is 28.5 Å². The first kappa shape index (κ1) is 14.9. The number of hydrogen-bond acceptors (Lipinski definition) is 5. The van der Waals surface area contributed by atoms with Crippen molar-refractivity contribution in [3.63, 3.8) is 0 Å². The van der Waals surface area contributed by atoms with E-state index in [4.69, 9.17) is 4.98 Å². The summed E-state index contributed by atoms with van der Waals surface area (Å²) in [4.78, 5) is 11.6. The van der Waals surface area contributed by atoms with Gasteiger partial charge in [-0.1, -0.05) is 0 Å². The zero-order valence-corrected chi connectivity index (χ0v) is 13.5. The molecule has 6 nitrogen and oxygen atoms in total. The monoisotopic (exact) mass is 326 g/mol. The molecule has 2 aromatic heterocycles. The molecule has 1 fully saturated rings. The molecule has 0 atom stereocenters. The summed E-state index contributed by atoms with van der Waals surface area (Å²) in [5, 5.41) is 8.45. The van der Waals surface area contributed by atoms with Gasteiger partial charge in [0.1, 0.15) is 11.6 Å². The van der Waals surface area contributed by atoms with Crippen LogP contribution in [0.3, 0.4) is 0 Å². The van der Waals surface area contributed by atoms with Crippen molar-refractivity contribution in [2.75, 3.05) is 23.3 Å². The quantitative estimate of drug-likeness (QED) is 0.801. The van der Waals surface area contributed by atoms with Crippen LogP contribution in [0.25, 0.3) is 11.0 Å². The average Bonchev–Trinajstić information content (AvgIpc) is 2.98. The molecule has 0 spiro atoms. The standard InChI is InChI=1S/C17H19FN6/c1-23-15-14(11-19-23)16(24-9-3-2-4-10-24)22-17(21-15)20-13-7-5-12(18)6-8-13/h5-8,11H,2-4,9-10H2,1H3,(H,20,21,22). The second kappa shape index (κ2) is 6.07. The lowest BCUT2D eigenvalue weighted by atomic mass is 10.1. The minimum atomic E-state index is -0.266. The van der Waals surface area contributed by atoms with E-state index in [2.05, 4.69) is 20.3 Å². The van der Waals surface area contributed by atoms with Crippen molar-refractivity contribution in [3.8, 4) is 0 Å². The van der Waals surface area contributed by atoms with Crippen LogP contribution in [0.5, 0.6) is 0 Å². The maximum absolute atomic E-state index is 13.1. The minimum absolute atomic E-state index is 0.266. The smallest absolute Gasteiger partial charge is 0.231 e. The number of nitrogens with one attached hydrogen (secondary N) is 1. The van der Waals surface area contributed by atoms with Crippen molar-refractivity contribution in [1.29, 1.82) is 0 Å². The van der Waals surface area contributed by atoms with Crippen molar-refractivity contribution in [2.24, 2.45) is 7.05 Å². The van der Waals surface area contributed by atoms with Gasteiger partial charge < -0.3 is 10.2 Å². The molecule has 0 aliphatic carbocycles. The molecule has 1 aromatic carbocycles. The SMILES string of the molecule is Cn1ncc2c(N3CCCCC3)nc(Nc3ccc(F)cc3)nc21. The molecule has 3 aromatic rings. The van der Waals surface area contributed by atoms with E-state index in [1.807, 2.05) is 13.2 Å². The molecular weight excluding hydrogens is 307 g/mol. The third kappa shape index (κ3) is 2.77. The highest BCUT2D eigenvalue weighted by Gasteiger charge is 2.19. The Hall–Kier alpha value is -2.70. The zero-order chi connectivity index (χ0) is 16.5. The fraction of sp³-hybridized carbons (Fsp3) is 0.353. The van der Waals surface area contributed by atoms with E-state index in [1.54, 1.807) is 16.8 Å². The van der Waals surface area contributed by atoms with Gasteiger partial charge in [0.05, 0.1) is 11.6 Å². The van der Waals surface area contributed by atoms with Crippen molar-refractivity contribution in [3.05, 3.63) is 36.3 Å². The van der Waals surface area contributed by atoms with Gasteiger partial charge in [-0.2, -0.15) is 15.1 Å². The number of hydrogen-bond donors (Lipinski definition) is 1. The van der Waals surface area contributed by atoms with Gasteiger partial charge >= 0.3 is 0 Å². The Labute approximate surface area is 139 Å². The topological polar surface area (TPSA) is 58.9 Å². The van der Waals surface area contributed by atoms with E-state index in [0.717, 1.165) is 35.6 Å². The fourth-order valence-corrected chi connectivity index (χ4v) is 3.07. The number of fused-ring (bicyclic) bond motifs is 1. The molecule has 7 heteroatoms. The third-order valence-electron chi connectivity index (χ3n) is 4.33. The molecule has 4 rings (SSSR count). The first-order valence-electron chi connectivity index (χ1n) is 8.18. The van der Waals surface area contributed by atoms with Crippen molar-refractivity contribution in [2.45, 2.75) is 19.3 Å². The summed E-state index contributed by atoms with van der Waals surface area (Å²) in [6, 6.07) is 6.17. The highest BCUT2D eigenvalue weighted by molar-refractivity contribution is 5.88. The van der Waals surface area contributed by atoms with Crippen molar-refractivity contribution < 1.29 is 4.39 Å². The molecule has 0 radical (unpaired) electrons. The van der Waals surface area contributed by atoms with E-state index in [9.17, 15) is 4.39 Å². The Morgan fingerprint density at radius 1 is 1.04 bits per heavy atom. The Morgan fingerprint density at radius 2 is 1.79 bits per heavy atom. The van der Waals surface area contributed by atoms with Gasteiger partial charge in [-0.25, -0.2) is 4.39 Å². The molecule has 0 bridgehead atoms. The van der Waals surface area contributed by atoms with Gasteiger partial charge in [0, 0.05) is 25.8 Å². The van der Waals surface area contributed by atoms with Gasteiger partial charge in [0.15, 0.2) is 5.65 Å². The Morgan fingerprint density at radius 3 is 2.54 bits per heavy atom. The lowest BCUT2D eigenvalue weighted by Gasteiger charge is -2.28. The summed E-state index contributed by atoms with van der Waals surface area (Å²) in [6.07, 6.45) is 5.43. The van der Waals surface area contributed by atoms with Crippen LogP contribution in [0.1, 0.15) is 19.3 Å². The van der Waals surface area contributed by atoms with Gasteiger partial charge in [-0.15, -0.1) is 0 Å². The van der Waals surface area contributed by atoms with Crippen LogP contribution >= 0.6 is 0 Å². The van der Waals surface area contributed by atoms with Crippen LogP contribution in [0.2, 0.25) is 0 Å². The molecule has 3 heterocycles. The van der Waals surface area contributed by atoms with E-state index < -0.39 is 0 Å². The zero-order valence-electron chi connectivity index (χ0n) is 13.5. The van der Waals surface area contributed by atoms with E-state index >= 15 is 0 Å². The van der Waals surface area contributed by atoms with Crippen LogP contribution in [0.15, 0.2) is 30.5 Å². The van der Waals surface area contributed by atoms with Crippen LogP contribution in [-0.4, -0.2) is 32.8 Å². The number of rotatable bonds is 3. The van der Waals surface area contributed by atoms with E-state index in [-0.39, 0.29) is 5.82 Å². The summed E-state index contributed by atoms with van der Waals surface area (Å²) < 4.78 is 14.8. The van der Waals surface area contributed by atoms with Crippen LogP contribution in [0.4, 0.5) is 21.8 Å². The molecule has 124 valence electrons. The van der Waals surface area contributed by atoms with E-state index in [0.29, 0.717) is 5.95 Å². The summed E-state index contributed by atoms with van der Waals surface area (Å²) in [6.45, 7) is 1.99. The summed E-state index contributed by atoms with van der Waals surface area (Å²) in [7, 11) is 1.87. The highest BCUT2D eigenvalue weighted by atomic mass is 19.1. The predicted molar refractivity (Wildman–Crippen MR) is 92.1 cm³/mol. The molecule has 1 aliphatic heterocycles. The number of benzene rings is 1. The number of aryl methyl sites for hydroxylation is 1. The second-order valence-corrected chi connectivity index (χ2v) is 6.06. The maximum Gasteiger partial charge on any atom is 0.231 e. The first-order chi connectivity index (χ1) is 11.7. The van der Waals surface area contributed by atoms with Gasteiger partial charge in [-0.05, 0) is 43.5 Å². The van der Waals surface area contributed by atoms with E-state index in [1.165, 1.54) is 31.4 Å². The molecule has 1 aliphatic rings. The van der Waals surface area contributed by atoms with Crippen LogP contribution < -0.4 is 10.2 Å².